The zero-order valence-corrected chi connectivity index (χ0v) is 30.4. The second-order valence-corrected chi connectivity index (χ2v) is 14.6. The van der Waals surface area contributed by atoms with E-state index in [0.29, 0.717) is 18.6 Å². The summed E-state index contributed by atoms with van der Waals surface area (Å²) < 4.78 is 26.4. The van der Waals surface area contributed by atoms with E-state index < -0.39 is 47.3 Å². The summed E-state index contributed by atoms with van der Waals surface area (Å²) in [4.78, 5) is 61.5. The summed E-state index contributed by atoms with van der Waals surface area (Å²) in [6, 6.07) is -0.959. The lowest BCUT2D eigenvalue weighted by molar-refractivity contribution is -0.152. The van der Waals surface area contributed by atoms with Gasteiger partial charge in [0.05, 0.1) is 37.7 Å². The first-order valence-corrected chi connectivity index (χ1v) is 17.8. The fraction of sp³-hybridized carbons (Fsp3) is 0.853. The highest BCUT2D eigenvalue weighted by atomic mass is 32.2. The molecule has 1 amide bonds. The topological polar surface area (TPSA) is 144 Å². The highest BCUT2D eigenvalue weighted by Gasteiger charge is 2.31. The summed E-state index contributed by atoms with van der Waals surface area (Å²) in [5.74, 6) is -1.75. The lowest BCUT2D eigenvalue weighted by atomic mass is 9.99. The third-order valence-corrected chi connectivity index (χ3v) is 7.85. The van der Waals surface area contributed by atoms with E-state index >= 15 is 0 Å². The monoisotopic (exact) mass is 675 g/mol. The molecule has 0 fully saturated rings. The van der Waals surface area contributed by atoms with Gasteiger partial charge in [-0.15, -0.1) is 0 Å². The molecular formula is C34H61NO10S. The zero-order chi connectivity index (χ0) is 35.0. The molecule has 0 aromatic rings. The van der Waals surface area contributed by atoms with Crippen LogP contribution < -0.4 is 5.32 Å². The molecule has 0 bridgehead atoms. The van der Waals surface area contributed by atoms with E-state index in [4.69, 9.17) is 23.7 Å². The first-order chi connectivity index (χ1) is 21.6. The third-order valence-electron chi connectivity index (χ3n) is 6.83. The summed E-state index contributed by atoms with van der Waals surface area (Å²) in [6.07, 6.45) is 9.66. The zero-order valence-electron chi connectivity index (χ0n) is 29.6. The molecule has 0 aliphatic carbocycles. The first kappa shape index (κ1) is 43.7. The Balaban J connectivity index is 4.86. The molecule has 0 aromatic carbocycles. The number of methoxy groups -OCH3 is 1. The number of hydrogen-bond donors (Lipinski definition) is 1. The number of ether oxygens (including phenoxy) is 5. The van der Waals surface area contributed by atoms with Crippen molar-refractivity contribution in [2.75, 3.05) is 31.8 Å². The van der Waals surface area contributed by atoms with Gasteiger partial charge >= 0.3 is 18.0 Å². The summed E-state index contributed by atoms with van der Waals surface area (Å²) in [7, 11) is 1.25. The van der Waals surface area contributed by atoms with Crippen LogP contribution in [0.4, 0.5) is 4.79 Å². The minimum atomic E-state index is -0.959. The van der Waals surface area contributed by atoms with Crippen molar-refractivity contribution < 1.29 is 47.7 Å². The van der Waals surface area contributed by atoms with Crippen molar-refractivity contribution in [3.8, 4) is 0 Å². The number of rotatable bonds is 26. The summed E-state index contributed by atoms with van der Waals surface area (Å²) in [6.45, 7) is 13.3. The number of alkyl carbamates (subject to hydrolysis) is 1. The van der Waals surface area contributed by atoms with Gasteiger partial charge in [-0.25, -0.2) is 4.79 Å². The van der Waals surface area contributed by atoms with Gasteiger partial charge in [-0.2, -0.15) is 11.8 Å². The van der Waals surface area contributed by atoms with Crippen molar-refractivity contribution >= 4 is 42.0 Å². The highest BCUT2D eigenvalue weighted by Crippen LogP contribution is 2.18. The van der Waals surface area contributed by atoms with Crippen molar-refractivity contribution in [2.24, 2.45) is 5.92 Å². The van der Waals surface area contributed by atoms with E-state index in [1.54, 1.807) is 20.8 Å². The van der Waals surface area contributed by atoms with Gasteiger partial charge in [0.1, 0.15) is 18.3 Å². The van der Waals surface area contributed by atoms with Gasteiger partial charge < -0.3 is 29.0 Å². The Labute approximate surface area is 281 Å². The molecule has 0 rings (SSSR count). The fourth-order valence-electron chi connectivity index (χ4n) is 4.42. The van der Waals surface area contributed by atoms with Crippen molar-refractivity contribution in [3.05, 3.63) is 0 Å². The van der Waals surface area contributed by atoms with Gasteiger partial charge in [0.2, 0.25) is 0 Å². The molecule has 46 heavy (non-hydrogen) atoms. The van der Waals surface area contributed by atoms with Crippen molar-refractivity contribution in [1.29, 1.82) is 0 Å². The van der Waals surface area contributed by atoms with Crippen LogP contribution in [0.2, 0.25) is 0 Å². The van der Waals surface area contributed by atoms with E-state index in [0.717, 1.165) is 19.3 Å². The lowest BCUT2D eigenvalue weighted by Gasteiger charge is -2.25. The van der Waals surface area contributed by atoms with Crippen LogP contribution >= 0.6 is 11.8 Å². The van der Waals surface area contributed by atoms with Crippen LogP contribution in [0.1, 0.15) is 126 Å². The number of amides is 1. The largest absolute Gasteiger partial charge is 0.469 e. The number of nitrogens with one attached hydrogen (secondary N) is 1. The molecule has 0 saturated carbocycles. The molecule has 0 aromatic heterocycles. The van der Waals surface area contributed by atoms with Gasteiger partial charge in [0, 0.05) is 17.9 Å². The lowest BCUT2D eigenvalue weighted by Crippen LogP contribution is -2.46. The van der Waals surface area contributed by atoms with E-state index in [1.165, 1.54) is 57.4 Å². The molecule has 1 N–H and O–H groups in total. The molecular weight excluding hydrogens is 614 g/mol. The molecule has 12 heteroatoms. The molecule has 268 valence electrons. The SMILES string of the molecule is CCCCCCCCCCC[C@H](CC(=O)OCCSC[C@H](NC(=O)OC(C)(C)C)C(=O)C[C@@H](COC(C)(C)C)C(=O)OC)OC=O. The second-order valence-electron chi connectivity index (χ2n) is 13.5. The van der Waals surface area contributed by atoms with Crippen LogP contribution in [-0.4, -0.2) is 85.5 Å². The Morgan fingerprint density at radius 1 is 0.848 bits per heavy atom. The smallest absolute Gasteiger partial charge is 0.408 e. The van der Waals surface area contributed by atoms with Gasteiger partial charge in [0.25, 0.3) is 6.47 Å². The van der Waals surface area contributed by atoms with Crippen molar-refractivity contribution in [3.63, 3.8) is 0 Å². The maximum Gasteiger partial charge on any atom is 0.408 e. The normalized spacial score (nSPS) is 13.7. The number of ketones is 1. The van der Waals surface area contributed by atoms with E-state index in [1.807, 2.05) is 20.8 Å². The van der Waals surface area contributed by atoms with Gasteiger partial charge in [-0.3, -0.25) is 19.2 Å². The van der Waals surface area contributed by atoms with Gasteiger partial charge in [0.15, 0.2) is 5.78 Å². The molecule has 0 aliphatic heterocycles. The van der Waals surface area contributed by atoms with E-state index in [9.17, 15) is 24.0 Å². The van der Waals surface area contributed by atoms with E-state index in [-0.39, 0.29) is 37.6 Å². The molecule has 0 heterocycles. The molecule has 11 nitrogen and oxygen atoms in total. The van der Waals surface area contributed by atoms with Crippen LogP contribution in [0.5, 0.6) is 0 Å². The molecule has 0 radical (unpaired) electrons. The van der Waals surface area contributed by atoms with Gasteiger partial charge in [-0.1, -0.05) is 58.3 Å². The maximum atomic E-state index is 13.3. The number of thioether (sulfide) groups is 1. The number of Topliss-reactive ketones (excluding diaryl/α,β-unsaturated/α-hetero) is 1. The number of unbranched alkanes of at least 4 members (excludes halogenated alkanes) is 8. The maximum absolute atomic E-state index is 13.3. The van der Waals surface area contributed by atoms with Crippen molar-refractivity contribution in [1.82, 2.24) is 5.32 Å². The van der Waals surface area contributed by atoms with Crippen LogP contribution in [0.15, 0.2) is 0 Å². The number of carbonyl (C=O) groups excluding carboxylic acids is 5. The fourth-order valence-corrected chi connectivity index (χ4v) is 5.29. The van der Waals surface area contributed by atoms with Crippen LogP contribution in [0, 0.1) is 5.92 Å². The van der Waals surface area contributed by atoms with E-state index in [2.05, 4.69) is 12.2 Å². The predicted molar refractivity (Wildman–Crippen MR) is 180 cm³/mol. The Kier molecular flexibility index (Phi) is 23.5. The minimum absolute atomic E-state index is 0.0158. The quantitative estimate of drug-likeness (QED) is 0.0460. The number of esters is 2. The number of hydrogen-bond acceptors (Lipinski definition) is 11. The van der Waals surface area contributed by atoms with Crippen LogP contribution in [-0.2, 0) is 42.9 Å². The summed E-state index contributed by atoms with van der Waals surface area (Å²) in [5.41, 5.74) is -1.29. The minimum Gasteiger partial charge on any atom is -0.469 e. The molecule has 0 aliphatic rings. The Morgan fingerprint density at radius 2 is 1.46 bits per heavy atom. The molecule has 0 unspecified atom stereocenters. The Bertz CT molecular complexity index is 884. The average Bonchev–Trinajstić information content (AvgIpc) is 2.95. The van der Waals surface area contributed by atoms with Crippen molar-refractivity contribution in [2.45, 2.75) is 149 Å². The average molecular weight is 676 g/mol. The van der Waals surface area contributed by atoms with Gasteiger partial charge in [-0.05, 0) is 54.4 Å². The molecule has 3 atom stereocenters. The number of carbonyl (C=O) groups is 5. The first-order valence-electron chi connectivity index (χ1n) is 16.7. The molecule has 0 spiro atoms. The summed E-state index contributed by atoms with van der Waals surface area (Å²) in [5, 5.41) is 2.61. The van der Waals surface area contributed by atoms with Crippen LogP contribution in [0.3, 0.4) is 0 Å². The summed E-state index contributed by atoms with van der Waals surface area (Å²) >= 11 is 1.30. The Morgan fingerprint density at radius 3 is 2.00 bits per heavy atom. The van der Waals surface area contributed by atoms with Crippen LogP contribution in [0.25, 0.3) is 0 Å². The second kappa shape index (κ2) is 24.8. The third kappa shape index (κ3) is 24.8. The molecule has 0 saturated heterocycles. The highest BCUT2D eigenvalue weighted by molar-refractivity contribution is 7.99. The Hall–Kier alpha value is -2.34. The standard InChI is InChI=1S/C34H61NO10S/c1-9-10-11-12-13-14-15-16-17-18-27(43-25-36)22-30(38)42-19-20-46-24-28(35-32(40)45-34(5,6)7)29(37)21-26(31(39)41-8)23-44-33(2,3)4/h25-28H,9-24H2,1-8H3,(H,35,40)/t26-,27+,28-/m0/s1. The predicted octanol–water partition coefficient (Wildman–Crippen LogP) is 6.57.